The number of ether oxygens (including phenoxy) is 1. The molecule has 7 heteroatoms. The van der Waals surface area contributed by atoms with Gasteiger partial charge in [0.1, 0.15) is 6.61 Å². The minimum Gasteiger partial charge on any atom is -0.481 e. The number of benzene rings is 2. The van der Waals surface area contributed by atoms with Gasteiger partial charge in [0.15, 0.2) is 0 Å². The topological polar surface area (TPSA) is 105 Å². The predicted molar refractivity (Wildman–Crippen MR) is 133 cm³/mol. The Morgan fingerprint density at radius 1 is 0.971 bits per heavy atom. The van der Waals surface area contributed by atoms with E-state index in [2.05, 4.69) is 34.9 Å². The number of carbonyl (C=O) groups is 3. The maximum absolute atomic E-state index is 12.4. The number of nitrogens with one attached hydrogen (secondary N) is 2. The molecule has 2 aliphatic carbocycles. The molecule has 0 radical (unpaired) electrons. The number of aliphatic carboxylic acids is 1. The van der Waals surface area contributed by atoms with E-state index in [-0.39, 0.29) is 42.6 Å². The fraction of sp³-hybridized carbons (Fsp3) is 0.464. The highest BCUT2D eigenvalue weighted by atomic mass is 16.5. The zero-order chi connectivity index (χ0) is 24.8. The Morgan fingerprint density at radius 2 is 1.60 bits per heavy atom. The van der Waals surface area contributed by atoms with Gasteiger partial charge in [-0.05, 0) is 46.9 Å². The fourth-order valence-corrected chi connectivity index (χ4v) is 5.39. The molecule has 0 aromatic heterocycles. The van der Waals surface area contributed by atoms with Crippen LogP contribution in [0.5, 0.6) is 0 Å². The van der Waals surface area contributed by atoms with Crippen molar-refractivity contribution in [2.75, 3.05) is 19.7 Å². The standard InChI is InChI=1S/C28H34N2O5/c1-18(14-26(31)29-16-19-8-2-3-9-20(19)27(32)33)15-30-28(34)35-17-25-23-12-6-4-10-21(23)22-11-5-7-13-24(22)25/h4-7,10-13,18-20,25H,2-3,8-9,14-17H2,1H3,(H,29,31)(H,30,34)(H,32,33)/t18?,19-,20-/m0/s1. The minimum absolute atomic E-state index is 0.00534. The van der Waals surface area contributed by atoms with Crippen LogP contribution in [0.2, 0.25) is 0 Å². The highest BCUT2D eigenvalue weighted by Gasteiger charge is 2.31. The van der Waals surface area contributed by atoms with Gasteiger partial charge < -0.3 is 20.5 Å². The van der Waals surface area contributed by atoms with E-state index in [9.17, 15) is 19.5 Å². The summed E-state index contributed by atoms with van der Waals surface area (Å²) in [5.41, 5.74) is 4.68. The Hall–Kier alpha value is -3.35. The van der Waals surface area contributed by atoms with Crippen LogP contribution in [0, 0.1) is 17.8 Å². The van der Waals surface area contributed by atoms with Gasteiger partial charge in [-0.3, -0.25) is 9.59 Å². The number of amides is 2. The molecular weight excluding hydrogens is 444 g/mol. The molecule has 2 amide bonds. The van der Waals surface area contributed by atoms with Crippen molar-refractivity contribution in [3.63, 3.8) is 0 Å². The van der Waals surface area contributed by atoms with Gasteiger partial charge in [-0.15, -0.1) is 0 Å². The molecule has 186 valence electrons. The molecule has 2 aromatic rings. The van der Waals surface area contributed by atoms with Crippen molar-refractivity contribution in [3.8, 4) is 11.1 Å². The first-order valence-corrected chi connectivity index (χ1v) is 12.5. The Labute approximate surface area is 206 Å². The Morgan fingerprint density at radius 3 is 2.26 bits per heavy atom. The van der Waals surface area contributed by atoms with Crippen LogP contribution in [0.25, 0.3) is 11.1 Å². The first kappa shape index (κ1) is 24.8. The van der Waals surface area contributed by atoms with Gasteiger partial charge in [-0.25, -0.2) is 4.79 Å². The number of hydrogen-bond donors (Lipinski definition) is 3. The molecule has 0 heterocycles. The summed E-state index contributed by atoms with van der Waals surface area (Å²) in [5.74, 6) is -1.36. The smallest absolute Gasteiger partial charge is 0.407 e. The lowest BCUT2D eigenvalue weighted by Crippen LogP contribution is -2.38. The number of alkyl carbamates (subject to hydrolysis) is 1. The van der Waals surface area contributed by atoms with Crippen molar-refractivity contribution >= 4 is 18.0 Å². The van der Waals surface area contributed by atoms with Crippen molar-refractivity contribution in [1.29, 1.82) is 0 Å². The van der Waals surface area contributed by atoms with Crippen molar-refractivity contribution < 1.29 is 24.2 Å². The fourth-order valence-electron chi connectivity index (χ4n) is 5.39. The lowest BCUT2D eigenvalue weighted by molar-refractivity contribution is -0.145. The summed E-state index contributed by atoms with van der Waals surface area (Å²) < 4.78 is 5.55. The van der Waals surface area contributed by atoms with E-state index in [1.165, 1.54) is 11.1 Å². The van der Waals surface area contributed by atoms with Gasteiger partial charge in [0.2, 0.25) is 5.91 Å². The van der Waals surface area contributed by atoms with E-state index < -0.39 is 12.1 Å². The third-order valence-electron chi connectivity index (χ3n) is 7.26. The van der Waals surface area contributed by atoms with Crippen LogP contribution < -0.4 is 10.6 Å². The molecule has 3 atom stereocenters. The van der Waals surface area contributed by atoms with Gasteiger partial charge in [-0.2, -0.15) is 0 Å². The minimum atomic E-state index is -0.774. The molecule has 1 fully saturated rings. The SMILES string of the molecule is CC(CNC(=O)OCC1c2ccccc2-c2ccccc21)CC(=O)NC[C@@H]1CCCC[C@@H]1C(=O)O. The normalized spacial score (nSPS) is 19.8. The maximum atomic E-state index is 12.4. The number of rotatable bonds is 9. The van der Waals surface area contributed by atoms with Crippen LogP contribution in [0.1, 0.15) is 56.1 Å². The quantitative estimate of drug-likeness (QED) is 0.490. The summed E-state index contributed by atoms with van der Waals surface area (Å²) >= 11 is 0. The van der Waals surface area contributed by atoms with Crippen molar-refractivity contribution in [1.82, 2.24) is 10.6 Å². The lowest BCUT2D eigenvalue weighted by atomic mass is 9.79. The second kappa shape index (κ2) is 11.4. The Kier molecular flexibility index (Phi) is 8.06. The molecule has 7 nitrogen and oxygen atoms in total. The van der Waals surface area contributed by atoms with Gasteiger partial charge >= 0.3 is 12.1 Å². The molecule has 0 bridgehead atoms. The molecule has 0 spiro atoms. The molecule has 3 N–H and O–H groups in total. The van der Waals surface area contributed by atoms with Gasteiger partial charge in [-0.1, -0.05) is 68.3 Å². The molecule has 2 aliphatic rings. The Balaban J connectivity index is 1.19. The molecule has 0 aliphatic heterocycles. The van der Waals surface area contributed by atoms with Crippen LogP contribution >= 0.6 is 0 Å². The number of carboxylic acids is 1. The van der Waals surface area contributed by atoms with Gasteiger partial charge in [0.05, 0.1) is 5.92 Å². The van der Waals surface area contributed by atoms with E-state index >= 15 is 0 Å². The third kappa shape index (κ3) is 6.02. The third-order valence-corrected chi connectivity index (χ3v) is 7.26. The molecule has 35 heavy (non-hydrogen) atoms. The van der Waals surface area contributed by atoms with E-state index in [0.29, 0.717) is 19.5 Å². The largest absolute Gasteiger partial charge is 0.481 e. The van der Waals surface area contributed by atoms with Crippen LogP contribution in [-0.2, 0) is 14.3 Å². The van der Waals surface area contributed by atoms with E-state index in [0.717, 1.165) is 30.4 Å². The number of carbonyl (C=O) groups excluding carboxylic acids is 2. The predicted octanol–water partition coefficient (Wildman–Crippen LogP) is 4.56. The second-order valence-electron chi connectivity index (χ2n) is 9.81. The zero-order valence-electron chi connectivity index (χ0n) is 20.2. The zero-order valence-corrected chi connectivity index (χ0v) is 20.2. The molecule has 0 saturated heterocycles. The summed E-state index contributed by atoms with van der Waals surface area (Å²) in [7, 11) is 0. The summed E-state index contributed by atoms with van der Waals surface area (Å²) in [4.78, 5) is 36.1. The van der Waals surface area contributed by atoms with Crippen LogP contribution in [0.3, 0.4) is 0 Å². The highest BCUT2D eigenvalue weighted by Crippen LogP contribution is 2.44. The number of fused-ring (bicyclic) bond motifs is 3. The molecule has 2 aromatic carbocycles. The number of hydrogen-bond acceptors (Lipinski definition) is 4. The molecular formula is C28H34N2O5. The first-order valence-electron chi connectivity index (χ1n) is 12.5. The summed E-state index contributed by atoms with van der Waals surface area (Å²) in [6.45, 7) is 2.86. The molecule has 1 saturated carbocycles. The second-order valence-corrected chi connectivity index (χ2v) is 9.81. The Bertz CT molecular complexity index is 1020. The lowest BCUT2D eigenvalue weighted by Gasteiger charge is -2.28. The van der Waals surface area contributed by atoms with Crippen LogP contribution in [0.4, 0.5) is 4.79 Å². The van der Waals surface area contributed by atoms with E-state index in [1.807, 2.05) is 31.2 Å². The van der Waals surface area contributed by atoms with E-state index in [1.54, 1.807) is 0 Å². The summed E-state index contributed by atoms with van der Waals surface area (Å²) in [6.07, 6.45) is 3.20. The monoisotopic (exact) mass is 478 g/mol. The first-order chi connectivity index (χ1) is 16.9. The summed E-state index contributed by atoms with van der Waals surface area (Å²) in [5, 5.41) is 15.0. The van der Waals surface area contributed by atoms with Crippen molar-refractivity contribution in [3.05, 3.63) is 59.7 Å². The van der Waals surface area contributed by atoms with Crippen molar-refractivity contribution in [2.45, 2.75) is 44.9 Å². The highest BCUT2D eigenvalue weighted by molar-refractivity contribution is 5.79. The molecule has 4 rings (SSSR count). The maximum Gasteiger partial charge on any atom is 0.407 e. The van der Waals surface area contributed by atoms with Crippen LogP contribution in [-0.4, -0.2) is 42.8 Å². The summed E-state index contributed by atoms with van der Waals surface area (Å²) in [6, 6.07) is 16.4. The molecule has 1 unspecified atom stereocenters. The van der Waals surface area contributed by atoms with Gasteiger partial charge in [0.25, 0.3) is 0 Å². The average Bonchev–Trinajstić information content (AvgIpc) is 3.19. The van der Waals surface area contributed by atoms with Gasteiger partial charge in [0, 0.05) is 25.4 Å². The van der Waals surface area contributed by atoms with Crippen LogP contribution in [0.15, 0.2) is 48.5 Å². The average molecular weight is 479 g/mol. The van der Waals surface area contributed by atoms with E-state index in [4.69, 9.17) is 4.74 Å². The van der Waals surface area contributed by atoms with Crippen molar-refractivity contribution in [2.24, 2.45) is 17.8 Å². The number of carboxylic acid groups (broad SMARTS) is 1.